The van der Waals surface area contributed by atoms with Crippen LogP contribution in [0.2, 0.25) is 0 Å². The summed E-state index contributed by atoms with van der Waals surface area (Å²) in [5, 5.41) is 10.0. The zero-order valence-electron chi connectivity index (χ0n) is 22.3. The van der Waals surface area contributed by atoms with Crippen LogP contribution in [0.5, 0.6) is 0 Å². The van der Waals surface area contributed by atoms with Crippen LogP contribution in [0.25, 0.3) is 0 Å². The standard InChI is InChI=1S/C31H44O5/c1-20(19-32)23-9-10-24-27-25(11-12-30(23,24)3)29(2)13-14-31(34-15-16-35-31)18-22(29)17-26(27)36-28(33)21-7-5-4-6-8-21/h4-8,20,22-27,32H,9-19H2,1-3H3/t20?,22?,23-,24?,25?,26?,27?,29+,30-/m1/s1. The van der Waals surface area contributed by atoms with Crippen LogP contribution in [0, 0.1) is 46.3 Å². The molecule has 1 aliphatic heterocycles. The van der Waals surface area contributed by atoms with E-state index in [0.717, 1.165) is 25.7 Å². The molecular weight excluding hydrogens is 452 g/mol. The molecule has 5 heteroatoms. The fraction of sp³-hybridized carbons (Fsp3) is 0.774. The molecule has 36 heavy (non-hydrogen) atoms. The Kier molecular flexibility index (Phi) is 6.29. The summed E-state index contributed by atoms with van der Waals surface area (Å²) in [5.74, 6) is 2.14. The minimum atomic E-state index is -0.427. The van der Waals surface area contributed by atoms with Crippen LogP contribution >= 0.6 is 0 Å². The highest BCUT2D eigenvalue weighted by atomic mass is 16.7. The van der Waals surface area contributed by atoms with E-state index in [1.807, 2.05) is 30.3 Å². The molecule has 1 saturated heterocycles. The molecule has 0 radical (unpaired) electrons. The Morgan fingerprint density at radius 1 is 1.03 bits per heavy atom. The minimum Gasteiger partial charge on any atom is -0.458 e. The van der Waals surface area contributed by atoms with E-state index in [1.54, 1.807) is 0 Å². The van der Waals surface area contributed by atoms with Gasteiger partial charge in [0.15, 0.2) is 5.79 Å². The SMILES string of the molecule is CC(CO)[C@H]1CCC2C3C(OC(=O)c4ccccc4)CC4CC5(CC[C@]4(C)C3CC[C@@]21C)OCCO5. The van der Waals surface area contributed by atoms with Gasteiger partial charge in [0.1, 0.15) is 6.10 Å². The van der Waals surface area contributed by atoms with E-state index >= 15 is 0 Å². The first kappa shape index (κ1) is 24.9. The van der Waals surface area contributed by atoms with Crippen molar-refractivity contribution in [2.45, 2.75) is 84.0 Å². The van der Waals surface area contributed by atoms with Crippen molar-refractivity contribution >= 4 is 5.97 Å². The summed E-state index contributed by atoms with van der Waals surface area (Å²) in [5.41, 5.74) is 1.07. The Balaban J connectivity index is 1.34. The second-order valence-corrected chi connectivity index (χ2v) is 13.2. The van der Waals surface area contributed by atoms with Crippen LogP contribution in [-0.4, -0.2) is 42.8 Å². The van der Waals surface area contributed by atoms with Crippen molar-refractivity contribution in [1.29, 1.82) is 0 Å². The highest BCUT2D eigenvalue weighted by molar-refractivity contribution is 5.89. The molecule has 6 rings (SSSR count). The third-order valence-corrected chi connectivity index (χ3v) is 11.8. The number of carbonyl (C=O) groups excluding carboxylic acids is 1. The van der Waals surface area contributed by atoms with Gasteiger partial charge < -0.3 is 19.3 Å². The molecule has 1 aromatic rings. The quantitative estimate of drug-likeness (QED) is 0.530. The molecule has 0 amide bonds. The Labute approximate surface area is 216 Å². The molecule has 4 saturated carbocycles. The van der Waals surface area contributed by atoms with Crippen LogP contribution in [0.3, 0.4) is 0 Å². The molecule has 1 spiro atoms. The van der Waals surface area contributed by atoms with Gasteiger partial charge in [0.05, 0.1) is 18.8 Å². The molecule has 5 nitrogen and oxygen atoms in total. The van der Waals surface area contributed by atoms with Gasteiger partial charge in [-0.05, 0) is 91.1 Å². The number of rotatable bonds is 4. The number of ether oxygens (including phenoxy) is 3. The summed E-state index contributed by atoms with van der Waals surface area (Å²) in [7, 11) is 0. The molecule has 1 aromatic carbocycles. The van der Waals surface area contributed by atoms with E-state index in [0.29, 0.717) is 54.3 Å². The van der Waals surface area contributed by atoms with Crippen molar-refractivity contribution in [3.8, 4) is 0 Å². The summed E-state index contributed by atoms with van der Waals surface area (Å²) >= 11 is 0. The maximum Gasteiger partial charge on any atom is 0.338 e. The predicted octanol–water partition coefficient (Wildman–Crippen LogP) is 5.85. The number of fused-ring (bicyclic) bond motifs is 5. The molecule has 9 atom stereocenters. The van der Waals surface area contributed by atoms with Gasteiger partial charge in [-0.25, -0.2) is 4.79 Å². The first-order chi connectivity index (χ1) is 17.3. The minimum absolute atomic E-state index is 0.0786. The van der Waals surface area contributed by atoms with Gasteiger partial charge in [-0.2, -0.15) is 0 Å². The zero-order valence-corrected chi connectivity index (χ0v) is 22.3. The van der Waals surface area contributed by atoms with E-state index in [2.05, 4.69) is 20.8 Å². The highest BCUT2D eigenvalue weighted by Gasteiger charge is 2.65. The number of hydrogen-bond acceptors (Lipinski definition) is 5. The highest BCUT2D eigenvalue weighted by Crippen LogP contribution is 2.69. The summed E-state index contributed by atoms with van der Waals surface area (Å²) in [6.07, 6.45) is 8.60. The van der Waals surface area contributed by atoms with Crippen LogP contribution in [0.4, 0.5) is 0 Å². The van der Waals surface area contributed by atoms with Crippen LogP contribution in [-0.2, 0) is 14.2 Å². The normalized spacial score (nSPS) is 43.9. The zero-order chi connectivity index (χ0) is 25.1. The second-order valence-electron chi connectivity index (χ2n) is 13.2. The summed E-state index contributed by atoms with van der Waals surface area (Å²) < 4.78 is 18.9. The van der Waals surface area contributed by atoms with Crippen molar-refractivity contribution in [3.05, 3.63) is 35.9 Å². The Bertz CT molecular complexity index is 957. The second kappa shape index (κ2) is 9.10. The predicted molar refractivity (Wildman–Crippen MR) is 137 cm³/mol. The average molecular weight is 497 g/mol. The topological polar surface area (TPSA) is 65.0 Å². The number of benzene rings is 1. The first-order valence-electron chi connectivity index (χ1n) is 14.4. The summed E-state index contributed by atoms with van der Waals surface area (Å²) in [6.45, 7) is 8.86. The van der Waals surface area contributed by atoms with Crippen molar-refractivity contribution in [2.75, 3.05) is 19.8 Å². The third-order valence-electron chi connectivity index (χ3n) is 11.8. The van der Waals surface area contributed by atoms with Crippen LogP contribution < -0.4 is 0 Å². The molecule has 0 bridgehead atoms. The van der Waals surface area contributed by atoms with Crippen molar-refractivity contribution in [1.82, 2.24) is 0 Å². The van der Waals surface area contributed by atoms with E-state index in [4.69, 9.17) is 14.2 Å². The lowest BCUT2D eigenvalue weighted by Gasteiger charge is -2.63. The number of carbonyl (C=O) groups is 1. The molecule has 0 aromatic heterocycles. The molecule has 1 N–H and O–H groups in total. The molecular formula is C31H44O5. The van der Waals surface area contributed by atoms with Gasteiger partial charge in [-0.15, -0.1) is 0 Å². The van der Waals surface area contributed by atoms with Crippen LogP contribution in [0.15, 0.2) is 30.3 Å². The third kappa shape index (κ3) is 3.79. The molecule has 5 fully saturated rings. The van der Waals surface area contributed by atoms with Crippen molar-refractivity contribution < 1.29 is 24.1 Å². The van der Waals surface area contributed by atoms with Gasteiger partial charge in [-0.3, -0.25) is 0 Å². The Morgan fingerprint density at radius 3 is 2.47 bits per heavy atom. The fourth-order valence-electron chi connectivity index (χ4n) is 9.90. The van der Waals surface area contributed by atoms with Gasteiger partial charge in [0, 0.05) is 25.4 Å². The van der Waals surface area contributed by atoms with Gasteiger partial charge in [-0.1, -0.05) is 39.0 Å². The van der Waals surface area contributed by atoms with Crippen molar-refractivity contribution in [3.63, 3.8) is 0 Å². The molecule has 198 valence electrons. The van der Waals surface area contributed by atoms with E-state index < -0.39 is 5.79 Å². The van der Waals surface area contributed by atoms with Gasteiger partial charge in [0.25, 0.3) is 0 Å². The first-order valence-corrected chi connectivity index (χ1v) is 14.4. The lowest BCUT2D eigenvalue weighted by molar-refractivity contribution is -0.242. The lowest BCUT2D eigenvalue weighted by atomic mass is 9.43. The Morgan fingerprint density at radius 2 is 1.75 bits per heavy atom. The van der Waals surface area contributed by atoms with E-state index in [1.165, 1.54) is 25.7 Å². The maximum absolute atomic E-state index is 13.4. The Hall–Kier alpha value is -1.43. The molecule has 1 heterocycles. The average Bonchev–Trinajstić information content (AvgIpc) is 3.49. The summed E-state index contributed by atoms with van der Waals surface area (Å²) in [4.78, 5) is 13.4. The van der Waals surface area contributed by atoms with Crippen molar-refractivity contribution in [2.24, 2.45) is 46.3 Å². The number of aliphatic hydroxyl groups is 1. The maximum atomic E-state index is 13.4. The smallest absolute Gasteiger partial charge is 0.338 e. The number of aliphatic hydroxyl groups excluding tert-OH is 1. The number of hydrogen-bond donors (Lipinski definition) is 1. The molecule has 6 unspecified atom stereocenters. The number of esters is 1. The van der Waals surface area contributed by atoms with Crippen LogP contribution in [0.1, 0.15) is 82.5 Å². The lowest BCUT2D eigenvalue weighted by Crippen LogP contribution is -2.61. The molecule has 4 aliphatic carbocycles. The van der Waals surface area contributed by atoms with Gasteiger partial charge >= 0.3 is 5.97 Å². The largest absolute Gasteiger partial charge is 0.458 e. The van der Waals surface area contributed by atoms with Gasteiger partial charge in [0.2, 0.25) is 0 Å². The monoisotopic (exact) mass is 496 g/mol. The molecule has 5 aliphatic rings. The summed E-state index contributed by atoms with van der Waals surface area (Å²) in [6, 6.07) is 9.48. The van der Waals surface area contributed by atoms with E-state index in [-0.39, 0.29) is 29.5 Å². The van der Waals surface area contributed by atoms with E-state index in [9.17, 15) is 9.90 Å². The fourth-order valence-corrected chi connectivity index (χ4v) is 9.90.